The van der Waals surface area contributed by atoms with Gasteiger partial charge in [-0.05, 0) is 70.9 Å². The van der Waals surface area contributed by atoms with Gasteiger partial charge >= 0.3 is 5.97 Å². The molecule has 36 heavy (non-hydrogen) atoms. The average molecular weight is 498 g/mol. The Kier molecular flexibility index (Phi) is 8.33. The van der Waals surface area contributed by atoms with Crippen LogP contribution >= 0.6 is 0 Å². The number of aryl methyl sites for hydroxylation is 1. The quantitative estimate of drug-likeness (QED) is 0.449. The number of carboxylic acid groups (broad SMARTS) is 1. The summed E-state index contributed by atoms with van der Waals surface area (Å²) < 4.78 is 12.1. The summed E-state index contributed by atoms with van der Waals surface area (Å²) in [5, 5.41) is 10.2. The number of carbonyl (C=O) groups is 1. The highest BCUT2D eigenvalue weighted by Crippen LogP contribution is 2.43. The predicted octanol–water partition coefficient (Wildman–Crippen LogP) is 6.44. The minimum Gasteiger partial charge on any atom is -0.489 e. The molecular weight excluding hydrogens is 454 g/mol. The number of hydrogen-bond donors (Lipinski definition) is 1. The number of aliphatic carboxylic acids is 1. The Labute approximate surface area is 216 Å². The third-order valence-corrected chi connectivity index (χ3v) is 6.95. The van der Waals surface area contributed by atoms with Crippen LogP contribution in [0.5, 0.6) is 5.75 Å². The molecule has 0 unspecified atom stereocenters. The lowest BCUT2D eigenvalue weighted by atomic mass is 9.82. The maximum absolute atomic E-state index is 12.5. The third kappa shape index (κ3) is 6.75. The molecule has 1 fully saturated rings. The molecule has 0 aromatic carbocycles. The fourth-order valence-electron chi connectivity index (χ4n) is 4.33. The maximum Gasteiger partial charge on any atom is 0.337 e. The second-order valence-corrected chi connectivity index (χ2v) is 12.1. The van der Waals surface area contributed by atoms with Crippen molar-refractivity contribution in [3.8, 4) is 17.0 Å². The van der Waals surface area contributed by atoms with E-state index in [1.165, 1.54) is 0 Å². The molecular formula is C29H43N3O4. The van der Waals surface area contributed by atoms with Crippen LogP contribution in [0.3, 0.4) is 0 Å². The molecule has 2 aromatic heterocycles. The maximum atomic E-state index is 12.5. The van der Waals surface area contributed by atoms with Gasteiger partial charge in [-0.3, -0.25) is 9.97 Å². The van der Waals surface area contributed by atoms with E-state index in [4.69, 9.17) is 14.5 Å². The highest BCUT2D eigenvalue weighted by Gasteiger charge is 2.36. The second kappa shape index (κ2) is 10.8. The summed E-state index contributed by atoms with van der Waals surface area (Å²) in [6, 6.07) is 3.85. The van der Waals surface area contributed by atoms with Gasteiger partial charge in [-0.2, -0.15) is 0 Å². The van der Waals surface area contributed by atoms with Crippen LogP contribution in [-0.2, 0) is 9.53 Å². The molecule has 1 N–H and O–H groups in total. The summed E-state index contributed by atoms with van der Waals surface area (Å²) >= 11 is 0. The summed E-state index contributed by atoms with van der Waals surface area (Å²) in [6.07, 6.45) is 4.50. The lowest BCUT2D eigenvalue weighted by Gasteiger charge is -2.40. The number of rotatable bonds is 8. The monoisotopic (exact) mass is 497 g/mol. The van der Waals surface area contributed by atoms with E-state index in [0.717, 1.165) is 42.9 Å². The summed E-state index contributed by atoms with van der Waals surface area (Å²) in [7, 11) is 0. The van der Waals surface area contributed by atoms with E-state index < -0.39 is 17.7 Å². The molecule has 0 amide bonds. The first-order chi connectivity index (χ1) is 16.7. The minimum absolute atomic E-state index is 0.0726. The molecule has 0 aliphatic carbocycles. The number of pyridine rings is 2. The molecule has 1 saturated heterocycles. The largest absolute Gasteiger partial charge is 0.489 e. The highest BCUT2D eigenvalue weighted by atomic mass is 16.5. The number of piperidine rings is 1. The van der Waals surface area contributed by atoms with Gasteiger partial charge < -0.3 is 19.5 Å². The zero-order valence-corrected chi connectivity index (χ0v) is 23.4. The number of nitrogens with zero attached hydrogens (tertiary/aromatic N) is 3. The predicted molar refractivity (Wildman–Crippen MR) is 144 cm³/mol. The molecule has 0 bridgehead atoms. The number of hydrogen-bond acceptors (Lipinski definition) is 6. The Bertz CT molecular complexity index is 1050. The van der Waals surface area contributed by atoms with E-state index in [0.29, 0.717) is 22.9 Å². The Hall–Kier alpha value is -2.67. The van der Waals surface area contributed by atoms with E-state index >= 15 is 0 Å². The van der Waals surface area contributed by atoms with Gasteiger partial charge in [-0.1, -0.05) is 27.7 Å². The molecule has 0 radical (unpaired) electrons. The molecule has 2 atom stereocenters. The van der Waals surface area contributed by atoms with Crippen molar-refractivity contribution in [3.63, 3.8) is 0 Å². The van der Waals surface area contributed by atoms with Crippen LogP contribution in [0, 0.1) is 18.3 Å². The Morgan fingerprint density at radius 3 is 2.22 bits per heavy atom. The topological polar surface area (TPSA) is 84.8 Å². The molecule has 0 saturated carbocycles. The van der Waals surface area contributed by atoms with E-state index in [1.807, 2.05) is 52.9 Å². The smallest absolute Gasteiger partial charge is 0.337 e. The number of anilines is 1. The normalized spacial score (nSPS) is 17.7. The summed E-state index contributed by atoms with van der Waals surface area (Å²) in [5.74, 6) is 0.0743. The van der Waals surface area contributed by atoms with Gasteiger partial charge in [0.15, 0.2) is 6.10 Å². The average Bonchev–Trinajstić information content (AvgIpc) is 2.77. The van der Waals surface area contributed by atoms with Gasteiger partial charge in [0, 0.05) is 36.1 Å². The summed E-state index contributed by atoms with van der Waals surface area (Å²) in [5.41, 5.74) is 3.25. The Balaban J connectivity index is 2.13. The minimum atomic E-state index is -1.14. The van der Waals surface area contributed by atoms with E-state index in [-0.39, 0.29) is 11.5 Å². The number of ether oxygens (including phenoxy) is 2. The first kappa shape index (κ1) is 27.9. The fraction of sp³-hybridized carbons (Fsp3) is 0.621. The number of aromatic nitrogens is 2. The first-order valence-electron chi connectivity index (χ1n) is 13.0. The van der Waals surface area contributed by atoms with E-state index in [2.05, 4.69) is 37.6 Å². The van der Waals surface area contributed by atoms with Crippen LogP contribution in [0.15, 0.2) is 24.5 Å². The zero-order valence-electron chi connectivity index (χ0n) is 23.4. The van der Waals surface area contributed by atoms with Gasteiger partial charge in [0.05, 0.1) is 29.3 Å². The van der Waals surface area contributed by atoms with Crippen molar-refractivity contribution in [2.45, 2.75) is 93.0 Å². The Morgan fingerprint density at radius 2 is 1.72 bits per heavy atom. The standard InChI is InChI=1S/C29H43N3O4/c1-18(2)20(4)35-21-10-11-23(31-16-21)22-17-30-19(3)24(26(27(33)34)36-28(5,6)7)25(22)32-14-12-29(8,9)13-15-32/h10-11,16-18,20,26H,12-15H2,1-9H3,(H,33,34)/t20-,26-/m0/s1. The second-order valence-electron chi connectivity index (χ2n) is 12.1. The van der Waals surface area contributed by atoms with Crippen LogP contribution in [0.1, 0.15) is 85.6 Å². The lowest BCUT2D eigenvalue weighted by Crippen LogP contribution is -2.39. The highest BCUT2D eigenvalue weighted by molar-refractivity contribution is 5.85. The van der Waals surface area contributed by atoms with Crippen molar-refractivity contribution in [2.24, 2.45) is 11.3 Å². The van der Waals surface area contributed by atoms with Gasteiger partial charge in [0.25, 0.3) is 0 Å². The van der Waals surface area contributed by atoms with Crippen LogP contribution in [0.4, 0.5) is 5.69 Å². The van der Waals surface area contributed by atoms with E-state index in [9.17, 15) is 9.90 Å². The third-order valence-electron chi connectivity index (χ3n) is 6.95. The molecule has 1 aliphatic rings. The molecule has 3 heterocycles. The first-order valence-corrected chi connectivity index (χ1v) is 13.0. The molecule has 0 spiro atoms. The summed E-state index contributed by atoms with van der Waals surface area (Å²) in [6.45, 7) is 20.0. The molecule has 7 nitrogen and oxygen atoms in total. The number of carboxylic acids is 1. The SMILES string of the molecule is Cc1ncc(-c2ccc(O[C@@H](C)C(C)C)cn2)c(N2CCC(C)(C)CC2)c1[C@H](OC(C)(C)C)C(=O)O. The van der Waals surface area contributed by atoms with Gasteiger partial charge in [0.2, 0.25) is 0 Å². The molecule has 3 rings (SSSR count). The van der Waals surface area contributed by atoms with Gasteiger partial charge in [-0.25, -0.2) is 4.79 Å². The van der Waals surface area contributed by atoms with Gasteiger partial charge in [0.1, 0.15) is 5.75 Å². The van der Waals surface area contributed by atoms with Crippen LogP contribution in [0.2, 0.25) is 0 Å². The Morgan fingerprint density at radius 1 is 1.08 bits per heavy atom. The van der Waals surface area contributed by atoms with Gasteiger partial charge in [-0.15, -0.1) is 0 Å². The molecule has 2 aromatic rings. The van der Waals surface area contributed by atoms with Crippen molar-refractivity contribution in [3.05, 3.63) is 35.8 Å². The molecule has 1 aliphatic heterocycles. The summed E-state index contributed by atoms with van der Waals surface area (Å²) in [4.78, 5) is 24.1. The molecule has 7 heteroatoms. The van der Waals surface area contributed by atoms with Crippen molar-refractivity contribution in [1.29, 1.82) is 0 Å². The lowest BCUT2D eigenvalue weighted by molar-refractivity contribution is -0.160. The van der Waals surface area contributed by atoms with Crippen molar-refractivity contribution < 1.29 is 19.4 Å². The fourth-order valence-corrected chi connectivity index (χ4v) is 4.33. The zero-order chi connectivity index (χ0) is 26.8. The van der Waals surface area contributed by atoms with E-state index in [1.54, 1.807) is 6.20 Å². The molecule has 198 valence electrons. The van der Waals surface area contributed by atoms with Crippen molar-refractivity contribution in [1.82, 2.24) is 9.97 Å². The van der Waals surface area contributed by atoms with Crippen molar-refractivity contribution >= 4 is 11.7 Å². The van der Waals surface area contributed by atoms with Crippen LogP contribution in [0.25, 0.3) is 11.3 Å². The van der Waals surface area contributed by atoms with Crippen molar-refractivity contribution in [2.75, 3.05) is 18.0 Å². The van der Waals surface area contributed by atoms with Crippen LogP contribution in [-0.4, -0.2) is 45.8 Å². The van der Waals surface area contributed by atoms with Crippen LogP contribution < -0.4 is 9.64 Å².